The summed E-state index contributed by atoms with van der Waals surface area (Å²) in [7, 11) is 0. The molecule has 0 radical (unpaired) electrons. The first-order valence-corrected chi connectivity index (χ1v) is 3.16. The molecule has 0 atom stereocenters. The van der Waals surface area contributed by atoms with Crippen LogP contribution in [-0.4, -0.2) is 4.98 Å². The minimum atomic E-state index is 0.512. The molecule has 48 valence electrons. The maximum atomic E-state index is 5.43. The van der Waals surface area contributed by atoms with Gasteiger partial charge in [0.2, 0.25) is 0 Å². The highest BCUT2D eigenvalue weighted by Gasteiger charge is 1.93. The van der Waals surface area contributed by atoms with Crippen LogP contribution in [-0.2, 0) is 0 Å². The van der Waals surface area contributed by atoms with Gasteiger partial charge in [-0.15, -0.1) is 0 Å². The van der Waals surface area contributed by atoms with Crippen LogP contribution in [0.4, 0.5) is 11.4 Å². The molecule has 1 rings (SSSR count). The summed E-state index contributed by atoms with van der Waals surface area (Å²) in [6.07, 6.45) is 1.51. The normalized spacial score (nSPS) is 9.44. The minimum absolute atomic E-state index is 0.512. The van der Waals surface area contributed by atoms with E-state index in [1.165, 1.54) is 6.20 Å². The Bertz CT molecular complexity index is 223. The minimum Gasteiger partial charge on any atom is -0.397 e. The molecule has 0 saturated heterocycles. The lowest BCUT2D eigenvalue weighted by Crippen LogP contribution is -1.94. The number of nitrogens with zero attached hydrogens (tertiary/aromatic N) is 1. The average Bonchev–Trinajstić information content (AvgIpc) is 1.80. The van der Waals surface area contributed by atoms with Crippen molar-refractivity contribution in [1.29, 1.82) is 0 Å². The van der Waals surface area contributed by atoms with Gasteiger partial charge in [-0.05, 0) is 22.0 Å². The maximum Gasteiger partial charge on any atom is 0.108 e. The summed E-state index contributed by atoms with van der Waals surface area (Å²) in [5, 5.41) is 0. The van der Waals surface area contributed by atoms with Crippen LogP contribution in [0.3, 0.4) is 0 Å². The van der Waals surface area contributed by atoms with E-state index in [1.54, 1.807) is 6.07 Å². The number of hydrogen-bond donors (Lipinski definition) is 2. The second-order valence-corrected chi connectivity index (χ2v) is 2.45. The van der Waals surface area contributed by atoms with Crippen molar-refractivity contribution in [2.75, 3.05) is 11.5 Å². The van der Waals surface area contributed by atoms with Gasteiger partial charge >= 0.3 is 0 Å². The molecular formula is C5H6BrN3. The SMILES string of the molecule is Nc1cnc(Br)cc1N. The summed E-state index contributed by atoms with van der Waals surface area (Å²) in [6, 6.07) is 1.66. The van der Waals surface area contributed by atoms with Crippen molar-refractivity contribution in [2.24, 2.45) is 0 Å². The van der Waals surface area contributed by atoms with Gasteiger partial charge in [-0.1, -0.05) is 0 Å². The van der Waals surface area contributed by atoms with Crippen molar-refractivity contribution >= 4 is 27.3 Å². The maximum absolute atomic E-state index is 5.43. The van der Waals surface area contributed by atoms with Gasteiger partial charge in [0.15, 0.2) is 0 Å². The number of halogens is 1. The summed E-state index contributed by atoms with van der Waals surface area (Å²) in [5.74, 6) is 0. The van der Waals surface area contributed by atoms with Gasteiger partial charge in [-0.2, -0.15) is 0 Å². The molecule has 0 aliphatic carbocycles. The topological polar surface area (TPSA) is 64.9 Å². The summed E-state index contributed by atoms with van der Waals surface area (Å²) in [5.41, 5.74) is 11.9. The van der Waals surface area contributed by atoms with Gasteiger partial charge in [0, 0.05) is 0 Å². The predicted molar refractivity (Wildman–Crippen MR) is 40.8 cm³/mol. The Kier molecular flexibility index (Phi) is 1.57. The molecule has 0 saturated carbocycles. The number of hydrogen-bond acceptors (Lipinski definition) is 3. The van der Waals surface area contributed by atoms with Crippen LogP contribution in [0.5, 0.6) is 0 Å². The summed E-state index contributed by atoms with van der Waals surface area (Å²) in [6.45, 7) is 0. The summed E-state index contributed by atoms with van der Waals surface area (Å²) >= 11 is 3.15. The number of anilines is 2. The molecule has 0 unspecified atom stereocenters. The van der Waals surface area contributed by atoms with E-state index in [2.05, 4.69) is 20.9 Å². The molecule has 0 aromatic carbocycles. The van der Waals surface area contributed by atoms with Crippen LogP contribution in [0.2, 0.25) is 0 Å². The van der Waals surface area contributed by atoms with E-state index in [0.717, 1.165) is 0 Å². The zero-order chi connectivity index (χ0) is 6.85. The zero-order valence-electron chi connectivity index (χ0n) is 4.63. The number of nitrogens with two attached hydrogens (primary N) is 2. The Morgan fingerprint density at radius 2 is 2.00 bits per heavy atom. The van der Waals surface area contributed by atoms with E-state index >= 15 is 0 Å². The van der Waals surface area contributed by atoms with E-state index in [9.17, 15) is 0 Å². The van der Waals surface area contributed by atoms with Crippen LogP contribution in [0.1, 0.15) is 0 Å². The smallest absolute Gasteiger partial charge is 0.108 e. The first-order valence-electron chi connectivity index (χ1n) is 2.36. The van der Waals surface area contributed by atoms with E-state index in [4.69, 9.17) is 11.5 Å². The van der Waals surface area contributed by atoms with Gasteiger partial charge < -0.3 is 11.5 Å². The van der Waals surface area contributed by atoms with E-state index in [-0.39, 0.29) is 0 Å². The van der Waals surface area contributed by atoms with E-state index in [0.29, 0.717) is 16.0 Å². The third kappa shape index (κ3) is 1.32. The first kappa shape index (κ1) is 6.35. The Balaban J connectivity index is 3.17. The van der Waals surface area contributed by atoms with Crippen molar-refractivity contribution in [2.45, 2.75) is 0 Å². The quantitative estimate of drug-likeness (QED) is 0.597. The van der Waals surface area contributed by atoms with Crippen LogP contribution in [0, 0.1) is 0 Å². The molecule has 1 aromatic heterocycles. The monoisotopic (exact) mass is 187 g/mol. The molecule has 4 heteroatoms. The molecule has 9 heavy (non-hydrogen) atoms. The molecule has 0 aliphatic rings. The zero-order valence-corrected chi connectivity index (χ0v) is 6.22. The largest absolute Gasteiger partial charge is 0.397 e. The molecular weight excluding hydrogens is 182 g/mol. The molecule has 0 bridgehead atoms. The number of rotatable bonds is 0. The number of nitrogen functional groups attached to an aromatic ring is 2. The van der Waals surface area contributed by atoms with Crippen LogP contribution < -0.4 is 11.5 Å². The first-order chi connectivity index (χ1) is 4.20. The summed E-state index contributed by atoms with van der Waals surface area (Å²) in [4.78, 5) is 3.85. The highest BCUT2D eigenvalue weighted by atomic mass is 79.9. The molecule has 0 spiro atoms. The van der Waals surface area contributed by atoms with Crippen molar-refractivity contribution in [3.05, 3.63) is 16.9 Å². The highest BCUT2D eigenvalue weighted by molar-refractivity contribution is 9.10. The van der Waals surface area contributed by atoms with Crippen molar-refractivity contribution in [3.63, 3.8) is 0 Å². The average molecular weight is 188 g/mol. The summed E-state index contributed by atoms with van der Waals surface area (Å²) < 4.78 is 0.703. The van der Waals surface area contributed by atoms with Crippen LogP contribution >= 0.6 is 15.9 Å². The third-order valence-electron chi connectivity index (χ3n) is 0.935. The van der Waals surface area contributed by atoms with Crippen molar-refractivity contribution < 1.29 is 0 Å². The van der Waals surface area contributed by atoms with E-state index in [1.807, 2.05) is 0 Å². The van der Waals surface area contributed by atoms with Crippen molar-refractivity contribution in [3.8, 4) is 0 Å². The molecule has 3 nitrogen and oxygen atoms in total. The van der Waals surface area contributed by atoms with Gasteiger partial charge in [0.25, 0.3) is 0 Å². The second kappa shape index (κ2) is 2.23. The third-order valence-corrected chi connectivity index (χ3v) is 1.37. The molecule has 1 heterocycles. The molecule has 4 N–H and O–H groups in total. The lowest BCUT2D eigenvalue weighted by molar-refractivity contribution is 1.28. The fraction of sp³-hybridized carbons (Fsp3) is 0. The second-order valence-electron chi connectivity index (χ2n) is 1.64. The molecule has 0 aliphatic heterocycles. The fourth-order valence-electron chi connectivity index (χ4n) is 0.455. The Morgan fingerprint density at radius 1 is 1.33 bits per heavy atom. The molecule has 0 fully saturated rings. The Morgan fingerprint density at radius 3 is 2.44 bits per heavy atom. The van der Waals surface area contributed by atoms with Crippen molar-refractivity contribution in [1.82, 2.24) is 4.98 Å². The Labute approximate surface area is 61.2 Å². The lowest BCUT2D eigenvalue weighted by atomic mass is 10.4. The molecule has 1 aromatic rings. The highest BCUT2D eigenvalue weighted by Crippen LogP contribution is 2.16. The standard InChI is InChI=1S/C5H6BrN3/c6-5-1-3(7)4(8)2-9-5/h1-2H,8H2,(H2,7,9). The fourth-order valence-corrected chi connectivity index (χ4v) is 0.804. The lowest BCUT2D eigenvalue weighted by Gasteiger charge is -1.96. The van der Waals surface area contributed by atoms with Gasteiger partial charge in [0.1, 0.15) is 4.60 Å². The van der Waals surface area contributed by atoms with Crippen LogP contribution in [0.25, 0.3) is 0 Å². The van der Waals surface area contributed by atoms with E-state index < -0.39 is 0 Å². The van der Waals surface area contributed by atoms with Crippen LogP contribution in [0.15, 0.2) is 16.9 Å². The Hall–Kier alpha value is -0.770. The van der Waals surface area contributed by atoms with Gasteiger partial charge in [0.05, 0.1) is 17.6 Å². The number of pyridine rings is 1. The molecule has 0 amide bonds. The van der Waals surface area contributed by atoms with Gasteiger partial charge in [-0.3, -0.25) is 0 Å². The number of aromatic nitrogens is 1. The predicted octanol–water partition coefficient (Wildman–Crippen LogP) is 1.01. The van der Waals surface area contributed by atoms with Gasteiger partial charge in [-0.25, -0.2) is 4.98 Å².